The predicted octanol–water partition coefficient (Wildman–Crippen LogP) is 3.90. The van der Waals surface area contributed by atoms with Crippen molar-refractivity contribution < 1.29 is 17.7 Å². The number of nitrogens with one attached hydrogen (secondary N) is 2. The van der Waals surface area contributed by atoms with Crippen LogP contribution in [-0.4, -0.2) is 29.2 Å². The Bertz CT molecular complexity index is 771. The second kappa shape index (κ2) is 10.1. The van der Waals surface area contributed by atoms with Gasteiger partial charge in [-0.2, -0.15) is 18.2 Å². The zero-order chi connectivity index (χ0) is 20.6. The first-order valence-corrected chi connectivity index (χ1v) is 9.30. The van der Waals surface area contributed by atoms with Crippen molar-refractivity contribution in [2.75, 3.05) is 13.1 Å². The van der Waals surface area contributed by atoms with Gasteiger partial charge in [0, 0.05) is 25.4 Å². The fraction of sp³-hybridized carbons (Fsp3) is 0.526. The fourth-order valence-electron chi connectivity index (χ4n) is 2.41. The predicted molar refractivity (Wildman–Crippen MR) is 101 cm³/mol. The third-order valence-electron chi connectivity index (χ3n) is 3.88. The maximum absolute atomic E-state index is 12.8. The molecular formula is C19H26F3N5O. The first-order chi connectivity index (χ1) is 13.3. The van der Waals surface area contributed by atoms with Crippen LogP contribution in [0.15, 0.2) is 33.8 Å². The maximum atomic E-state index is 12.8. The highest BCUT2D eigenvalue weighted by Gasteiger charge is 2.30. The van der Waals surface area contributed by atoms with E-state index >= 15 is 0 Å². The lowest BCUT2D eigenvalue weighted by Crippen LogP contribution is -2.37. The van der Waals surface area contributed by atoms with Crippen LogP contribution in [0.3, 0.4) is 0 Å². The molecule has 0 spiro atoms. The van der Waals surface area contributed by atoms with Crippen molar-refractivity contribution in [1.82, 2.24) is 20.8 Å². The Morgan fingerprint density at radius 1 is 1.25 bits per heavy atom. The number of hydrogen-bond donors (Lipinski definition) is 2. The molecule has 1 heterocycles. The summed E-state index contributed by atoms with van der Waals surface area (Å²) in [5.74, 6) is 2.06. The lowest BCUT2D eigenvalue weighted by atomic mass is 10.1. The average Bonchev–Trinajstić information content (AvgIpc) is 3.12. The highest BCUT2D eigenvalue weighted by atomic mass is 19.4. The van der Waals surface area contributed by atoms with Gasteiger partial charge < -0.3 is 15.2 Å². The Labute approximate surface area is 162 Å². The van der Waals surface area contributed by atoms with Crippen molar-refractivity contribution in [3.05, 3.63) is 47.1 Å². The van der Waals surface area contributed by atoms with Crippen molar-refractivity contribution >= 4 is 5.96 Å². The van der Waals surface area contributed by atoms with Crippen LogP contribution in [0.2, 0.25) is 0 Å². The van der Waals surface area contributed by atoms with Gasteiger partial charge in [-0.05, 0) is 31.0 Å². The number of hydrogen-bond acceptors (Lipinski definition) is 4. The van der Waals surface area contributed by atoms with Crippen LogP contribution in [0.5, 0.6) is 0 Å². The molecule has 0 bridgehead atoms. The third-order valence-corrected chi connectivity index (χ3v) is 3.88. The van der Waals surface area contributed by atoms with E-state index in [0.717, 1.165) is 18.6 Å². The standard InChI is InChI=1S/C19H26F3N5O/c1-4-23-18(24-10-6-9-16-26-17(13(2)3)27-28-16)25-12-14-7-5-8-15(11-14)19(20,21)22/h5,7-8,11,13H,4,6,9-10,12H2,1-3H3,(H2,23,24,25). The van der Waals surface area contributed by atoms with Gasteiger partial charge in [0.15, 0.2) is 11.8 Å². The topological polar surface area (TPSA) is 75.3 Å². The van der Waals surface area contributed by atoms with E-state index in [4.69, 9.17) is 4.52 Å². The molecule has 28 heavy (non-hydrogen) atoms. The zero-order valence-electron chi connectivity index (χ0n) is 16.3. The molecule has 0 atom stereocenters. The highest BCUT2D eigenvalue weighted by Crippen LogP contribution is 2.29. The Kier molecular flexibility index (Phi) is 7.83. The molecule has 154 valence electrons. The van der Waals surface area contributed by atoms with Gasteiger partial charge >= 0.3 is 6.18 Å². The number of aryl methyl sites for hydroxylation is 1. The number of aromatic nitrogens is 2. The quantitative estimate of drug-likeness (QED) is 0.401. The number of alkyl halides is 3. The van der Waals surface area contributed by atoms with E-state index in [1.807, 2.05) is 20.8 Å². The summed E-state index contributed by atoms with van der Waals surface area (Å²) in [6.45, 7) is 7.34. The van der Waals surface area contributed by atoms with Gasteiger partial charge in [0.1, 0.15) is 0 Å². The Balaban J connectivity index is 1.86. The Morgan fingerprint density at radius 2 is 2.04 bits per heavy atom. The van der Waals surface area contributed by atoms with Gasteiger partial charge in [-0.15, -0.1) is 0 Å². The number of halogens is 3. The lowest BCUT2D eigenvalue weighted by Gasteiger charge is -2.11. The molecule has 2 aromatic rings. The molecular weight excluding hydrogens is 371 g/mol. The average molecular weight is 397 g/mol. The molecule has 0 saturated heterocycles. The molecule has 0 aliphatic heterocycles. The summed E-state index contributed by atoms with van der Waals surface area (Å²) in [5, 5.41) is 10.2. The number of aliphatic imine (C=N–C) groups is 1. The van der Waals surface area contributed by atoms with Gasteiger partial charge in [-0.3, -0.25) is 0 Å². The first-order valence-electron chi connectivity index (χ1n) is 9.30. The van der Waals surface area contributed by atoms with E-state index in [-0.39, 0.29) is 12.5 Å². The Morgan fingerprint density at radius 3 is 2.68 bits per heavy atom. The summed E-state index contributed by atoms with van der Waals surface area (Å²) in [5.41, 5.74) is -0.169. The van der Waals surface area contributed by atoms with Crippen molar-refractivity contribution in [2.24, 2.45) is 4.99 Å². The van der Waals surface area contributed by atoms with Gasteiger partial charge in [0.05, 0.1) is 12.1 Å². The van der Waals surface area contributed by atoms with Crippen LogP contribution in [0.4, 0.5) is 13.2 Å². The minimum Gasteiger partial charge on any atom is -0.357 e. The van der Waals surface area contributed by atoms with E-state index in [0.29, 0.717) is 42.7 Å². The third kappa shape index (κ3) is 6.86. The molecule has 6 nitrogen and oxygen atoms in total. The smallest absolute Gasteiger partial charge is 0.357 e. The fourth-order valence-corrected chi connectivity index (χ4v) is 2.41. The van der Waals surface area contributed by atoms with Gasteiger partial charge in [0.25, 0.3) is 0 Å². The molecule has 0 saturated carbocycles. The molecule has 0 amide bonds. The van der Waals surface area contributed by atoms with Gasteiger partial charge in [-0.25, -0.2) is 4.99 Å². The summed E-state index contributed by atoms with van der Waals surface area (Å²) < 4.78 is 43.6. The second-order valence-corrected chi connectivity index (χ2v) is 6.62. The molecule has 0 fully saturated rings. The SMILES string of the molecule is CCNC(=NCc1cccc(C(F)(F)F)c1)NCCCc1nc(C(C)C)no1. The van der Waals surface area contributed by atoms with Crippen LogP contribution < -0.4 is 10.6 Å². The summed E-state index contributed by atoms with van der Waals surface area (Å²) >= 11 is 0. The summed E-state index contributed by atoms with van der Waals surface area (Å²) in [6, 6.07) is 5.20. The monoisotopic (exact) mass is 397 g/mol. The maximum Gasteiger partial charge on any atom is 0.416 e. The number of nitrogens with zero attached hydrogens (tertiary/aromatic N) is 3. The van der Waals surface area contributed by atoms with Crippen molar-refractivity contribution in [2.45, 2.75) is 52.3 Å². The number of guanidine groups is 1. The molecule has 0 aliphatic rings. The van der Waals surface area contributed by atoms with Crippen LogP contribution in [0.25, 0.3) is 0 Å². The van der Waals surface area contributed by atoms with E-state index < -0.39 is 11.7 Å². The van der Waals surface area contributed by atoms with E-state index in [2.05, 4.69) is 25.8 Å². The molecule has 9 heteroatoms. The molecule has 0 unspecified atom stereocenters. The van der Waals surface area contributed by atoms with Crippen LogP contribution in [-0.2, 0) is 19.1 Å². The van der Waals surface area contributed by atoms with Crippen molar-refractivity contribution in [3.63, 3.8) is 0 Å². The molecule has 1 aromatic carbocycles. The van der Waals surface area contributed by atoms with Crippen LogP contribution in [0.1, 0.15) is 56.0 Å². The zero-order valence-corrected chi connectivity index (χ0v) is 16.3. The molecule has 0 aliphatic carbocycles. The molecule has 2 rings (SSSR count). The van der Waals surface area contributed by atoms with Crippen molar-refractivity contribution in [1.29, 1.82) is 0 Å². The minimum atomic E-state index is -4.35. The first kappa shape index (κ1) is 21.7. The molecule has 0 radical (unpaired) electrons. The largest absolute Gasteiger partial charge is 0.416 e. The minimum absolute atomic E-state index is 0.153. The lowest BCUT2D eigenvalue weighted by molar-refractivity contribution is -0.137. The van der Waals surface area contributed by atoms with E-state index in [9.17, 15) is 13.2 Å². The summed E-state index contributed by atoms with van der Waals surface area (Å²) in [4.78, 5) is 8.68. The number of rotatable bonds is 8. The van der Waals surface area contributed by atoms with Crippen LogP contribution >= 0.6 is 0 Å². The summed E-state index contributed by atoms with van der Waals surface area (Å²) in [7, 11) is 0. The molecule has 1 aromatic heterocycles. The second-order valence-electron chi connectivity index (χ2n) is 6.62. The van der Waals surface area contributed by atoms with Gasteiger partial charge in [-0.1, -0.05) is 31.1 Å². The van der Waals surface area contributed by atoms with Crippen LogP contribution in [0, 0.1) is 0 Å². The Hall–Kier alpha value is -2.58. The van der Waals surface area contributed by atoms with E-state index in [1.165, 1.54) is 6.07 Å². The van der Waals surface area contributed by atoms with Gasteiger partial charge in [0.2, 0.25) is 5.89 Å². The normalized spacial score (nSPS) is 12.5. The molecule has 2 N–H and O–H groups in total. The van der Waals surface area contributed by atoms with Crippen molar-refractivity contribution in [3.8, 4) is 0 Å². The summed E-state index contributed by atoms with van der Waals surface area (Å²) in [6.07, 6.45) is -2.96. The van der Waals surface area contributed by atoms with E-state index in [1.54, 1.807) is 6.07 Å². The number of benzene rings is 1. The highest BCUT2D eigenvalue weighted by molar-refractivity contribution is 5.79.